The number of carbonyl (C=O) groups excluding carboxylic acids is 1. The molecule has 0 aromatic carbocycles. The van der Waals surface area contributed by atoms with Gasteiger partial charge in [0.25, 0.3) is 5.91 Å². The lowest BCUT2D eigenvalue weighted by atomic mass is 9.94. The number of hydroxylamine groups is 1. The van der Waals surface area contributed by atoms with Crippen molar-refractivity contribution < 1.29 is 9.63 Å². The summed E-state index contributed by atoms with van der Waals surface area (Å²) in [4.78, 5) is 21.1. The van der Waals surface area contributed by atoms with E-state index >= 15 is 0 Å². The minimum absolute atomic E-state index is 0.149. The molecule has 0 saturated carbocycles. The van der Waals surface area contributed by atoms with Gasteiger partial charge in [-0.1, -0.05) is 6.07 Å². The van der Waals surface area contributed by atoms with E-state index in [9.17, 15) is 4.79 Å². The van der Waals surface area contributed by atoms with E-state index in [-0.39, 0.29) is 11.9 Å². The standard InChI is InChI=1S/C11H12N4O2/c1-6-8-9(7-4-2-3-5-12-7)13-14-11(16)10(8)15-17-6/h2-5,9-10,13,15H,1H3,(H,14,16). The van der Waals surface area contributed by atoms with Crippen molar-refractivity contribution >= 4 is 5.91 Å². The lowest BCUT2D eigenvalue weighted by molar-refractivity contribution is -0.126. The van der Waals surface area contributed by atoms with Crippen LogP contribution < -0.4 is 16.3 Å². The lowest BCUT2D eigenvalue weighted by Gasteiger charge is -2.28. The summed E-state index contributed by atoms with van der Waals surface area (Å²) in [6, 6.07) is 5.07. The number of hydrogen-bond donors (Lipinski definition) is 3. The summed E-state index contributed by atoms with van der Waals surface area (Å²) in [7, 11) is 0. The van der Waals surface area contributed by atoms with E-state index in [0.717, 1.165) is 11.3 Å². The van der Waals surface area contributed by atoms with Crippen molar-refractivity contribution in [2.45, 2.75) is 19.0 Å². The monoisotopic (exact) mass is 232 g/mol. The summed E-state index contributed by atoms with van der Waals surface area (Å²) in [6.45, 7) is 1.83. The SMILES string of the molecule is CC1=C2C(NO1)C(=O)NNC2c1ccccn1. The second-order valence-electron chi connectivity index (χ2n) is 3.99. The van der Waals surface area contributed by atoms with Gasteiger partial charge in [0.15, 0.2) is 0 Å². The summed E-state index contributed by atoms with van der Waals surface area (Å²) in [5.74, 6) is 0.567. The zero-order chi connectivity index (χ0) is 11.8. The van der Waals surface area contributed by atoms with E-state index in [1.54, 1.807) is 6.20 Å². The van der Waals surface area contributed by atoms with Crippen molar-refractivity contribution in [3.05, 3.63) is 41.4 Å². The Morgan fingerprint density at radius 2 is 2.24 bits per heavy atom. The predicted molar refractivity (Wildman–Crippen MR) is 59.0 cm³/mol. The van der Waals surface area contributed by atoms with Crippen LogP contribution in [0.1, 0.15) is 18.7 Å². The second kappa shape index (κ2) is 3.83. The van der Waals surface area contributed by atoms with E-state index in [2.05, 4.69) is 21.3 Å². The van der Waals surface area contributed by atoms with Crippen LogP contribution in [-0.2, 0) is 9.63 Å². The summed E-state index contributed by atoms with van der Waals surface area (Å²) in [5.41, 5.74) is 10.00. The van der Waals surface area contributed by atoms with E-state index in [0.29, 0.717) is 5.76 Å². The third kappa shape index (κ3) is 1.58. The molecule has 1 amide bonds. The van der Waals surface area contributed by atoms with Gasteiger partial charge in [-0.05, 0) is 19.1 Å². The van der Waals surface area contributed by atoms with Crippen LogP contribution >= 0.6 is 0 Å². The highest BCUT2D eigenvalue weighted by Crippen LogP contribution is 2.31. The number of amides is 1. The Balaban J connectivity index is 2.01. The normalized spacial score (nSPS) is 27.5. The van der Waals surface area contributed by atoms with Crippen molar-refractivity contribution in [2.24, 2.45) is 0 Å². The van der Waals surface area contributed by atoms with Crippen molar-refractivity contribution in [2.75, 3.05) is 0 Å². The Kier molecular flexibility index (Phi) is 2.31. The molecule has 0 radical (unpaired) electrons. The number of fused-ring (bicyclic) bond motifs is 1. The molecule has 6 heteroatoms. The molecule has 1 aromatic rings. The van der Waals surface area contributed by atoms with Crippen molar-refractivity contribution in [1.29, 1.82) is 0 Å². The topological polar surface area (TPSA) is 75.3 Å². The first-order valence-corrected chi connectivity index (χ1v) is 5.36. The zero-order valence-corrected chi connectivity index (χ0v) is 9.23. The highest BCUT2D eigenvalue weighted by Gasteiger charge is 2.41. The van der Waals surface area contributed by atoms with Gasteiger partial charge in [-0.2, -0.15) is 0 Å². The maximum absolute atomic E-state index is 11.6. The van der Waals surface area contributed by atoms with Crippen LogP contribution in [0.5, 0.6) is 0 Å². The molecule has 0 spiro atoms. The third-order valence-electron chi connectivity index (χ3n) is 2.94. The van der Waals surface area contributed by atoms with Gasteiger partial charge in [0.2, 0.25) is 0 Å². The molecule has 2 aliphatic rings. The van der Waals surface area contributed by atoms with Gasteiger partial charge in [-0.15, -0.1) is 5.48 Å². The highest BCUT2D eigenvalue weighted by molar-refractivity contribution is 5.86. The molecule has 2 unspecified atom stereocenters. The Morgan fingerprint density at radius 1 is 1.35 bits per heavy atom. The van der Waals surface area contributed by atoms with Crippen LogP contribution in [0, 0.1) is 0 Å². The van der Waals surface area contributed by atoms with Crippen molar-refractivity contribution in [3.63, 3.8) is 0 Å². The fourth-order valence-electron chi connectivity index (χ4n) is 2.11. The van der Waals surface area contributed by atoms with Crippen molar-refractivity contribution in [3.8, 4) is 0 Å². The maximum Gasteiger partial charge on any atom is 0.259 e. The molecule has 1 saturated heterocycles. The number of carbonyl (C=O) groups is 1. The van der Waals surface area contributed by atoms with E-state index in [4.69, 9.17) is 4.84 Å². The number of allylic oxidation sites excluding steroid dienone is 1. The van der Waals surface area contributed by atoms with Gasteiger partial charge in [-0.25, -0.2) is 5.43 Å². The fourth-order valence-corrected chi connectivity index (χ4v) is 2.11. The molecule has 0 bridgehead atoms. The maximum atomic E-state index is 11.6. The minimum Gasteiger partial charge on any atom is -0.412 e. The molecule has 0 aliphatic carbocycles. The molecule has 3 N–H and O–H groups in total. The van der Waals surface area contributed by atoms with Crippen LogP contribution in [0.15, 0.2) is 35.7 Å². The number of nitrogens with zero attached hydrogens (tertiary/aromatic N) is 1. The Bertz CT molecular complexity index is 486. The van der Waals surface area contributed by atoms with Gasteiger partial charge in [0.05, 0.1) is 11.7 Å². The molecule has 2 aliphatic heterocycles. The molecule has 3 rings (SSSR count). The van der Waals surface area contributed by atoms with E-state index in [1.807, 2.05) is 25.1 Å². The van der Waals surface area contributed by atoms with Crippen LogP contribution in [0.25, 0.3) is 0 Å². The van der Waals surface area contributed by atoms with Gasteiger partial charge >= 0.3 is 0 Å². The average Bonchev–Trinajstić information content (AvgIpc) is 2.75. The lowest BCUT2D eigenvalue weighted by Crippen LogP contribution is -2.56. The Labute approximate surface area is 98.0 Å². The summed E-state index contributed by atoms with van der Waals surface area (Å²) in [6.07, 6.45) is 1.72. The summed E-state index contributed by atoms with van der Waals surface area (Å²) >= 11 is 0. The molecule has 2 atom stereocenters. The highest BCUT2D eigenvalue weighted by atomic mass is 16.7. The average molecular weight is 232 g/mol. The van der Waals surface area contributed by atoms with Crippen LogP contribution in [0.4, 0.5) is 0 Å². The molecule has 1 aromatic heterocycles. The number of hydrazine groups is 1. The molecule has 3 heterocycles. The van der Waals surface area contributed by atoms with Crippen LogP contribution in [0.2, 0.25) is 0 Å². The fraction of sp³-hybridized carbons (Fsp3) is 0.273. The first-order valence-electron chi connectivity index (χ1n) is 5.36. The largest absolute Gasteiger partial charge is 0.412 e. The summed E-state index contributed by atoms with van der Waals surface area (Å²) in [5, 5.41) is 0. The number of pyridine rings is 1. The number of aromatic nitrogens is 1. The molecule has 17 heavy (non-hydrogen) atoms. The Hall–Kier alpha value is -1.92. The minimum atomic E-state index is -0.441. The van der Waals surface area contributed by atoms with Crippen molar-refractivity contribution in [1.82, 2.24) is 21.3 Å². The first kappa shape index (κ1) is 10.2. The third-order valence-corrected chi connectivity index (χ3v) is 2.94. The van der Waals surface area contributed by atoms with Gasteiger partial charge < -0.3 is 4.84 Å². The first-order chi connectivity index (χ1) is 8.27. The quantitative estimate of drug-likeness (QED) is 0.632. The smallest absolute Gasteiger partial charge is 0.259 e. The van der Waals surface area contributed by atoms with Crippen LogP contribution in [0.3, 0.4) is 0 Å². The molecule has 6 nitrogen and oxygen atoms in total. The Morgan fingerprint density at radius 3 is 3.00 bits per heavy atom. The summed E-state index contributed by atoms with van der Waals surface area (Å²) < 4.78 is 0. The number of hydrogen-bond acceptors (Lipinski definition) is 5. The van der Waals surface area contributed by atoms with Gasteiger partial charge in [-0.3, -0.25) is 15.2 Å². The number of rotatable bonds is 1. The second-order valence-corrected chi connectivity index (χ2v) is 3.99. The number of nitrogens with one attached hydrogen (secondary N) is 3. The van der Waals surface area contributed by atoms with Gasteiger partial charge in [0.1, 0.15) is 11.8 Å². The molecule has 88 valence electrons. The van der Waals surface area contributed by atoms with Gasteiger partial charge in [0, 0.05) is 11.8 Å². The molecule has 1 fully saturated rings. The van der Waals surface area contributed by atoms with E-state index in [1.165, 1.54) is 0 Å². The zero-order valence-electron chi connectivity index (χ0n) is 9.23. The molecular formula is C11H12N4O2. The van der Waals surface area contributed by atoms with Crippen LogP contribution in [-0.4, -0.2) is 16.9 Å². The van der Waals surface area contributed by atoms with E-state index < -0.39 is 6.04 Å². The predicted octanol–water partition coefficient (Wildman–Crippen LogP) is -0.0655. The molecular weight excluding hydrogens is 220 g/mol.